The highest BCUT2D eigenvalue weighted by molar-refractivity contribution is 8.13. The van der Waals surface area contributed by atoms with Crippen LogP contribution < -0.4 is 5.32 Å². The van der Waals surface area contributed by atoms with Gasteiger partial charge >= 0.3 is 0 Å². The maximum Gasteiger partial charge on any atom is 0.183 e. The van der Waals surface area contributed by atoms with E-state index in [0.717, 1.165) is 16.8 Å². The fourth-order valence-corrected chi connectivity index (χ4v) is 1.74. The third-order valence-electron chi connectivity index (χ3n) is 2.23. The zero-order valence-electron chi connectivity index (χ0n) is 9.35. The van der Waals surface area contributed by atoms with Gasteiger partial charge in [0.15, 0.2) is 11.4 Å². The van der Waals surface area contributed by atoms with Gasteiger partial charge in [0.05, 0.1) is 5.69 Å². The first-order valence-electron chi connectivity index (χ1n) is 4.84. The summed E-state index contributed by atoms with van der Waals surface area (Å²) in [5.74, 6) is 0. The summed E-state index contributed by atoms with van der Waals surface area (Å²) >= 11 is 1.37. The summed E-state index contributed by atoms with van der Waals surface area (Å²) in [6.07, 6.45) is 3.70. The molecule has 1 heterocycles. The molecule has 0 aliphatic carbocycles. The summed E-state index contributed by atoms with van der Waals surface area (Å²) < 4.78 is 0. The largest absolute Gasteiger partial charge is 0.271 e. The van der Waals surface area contributed by atoms with Gasteiger partial charge in [0, 0.05) is 0 Å². The van der Waals surface area contributed by atoms with Gasteiger partial charge in [0.25, 0.3) is 0 Å². The Hall–Kier alpha value is -2.07. The molecule has 6 nitrogen and oxygen atoms in total. The van der Waals surface area contributed by atoms with Crippen molar-refractivity contribution in [3.05, 3.63) is 17.7 Å². The molecular formula is C10H10N6S. The highest BCUT2D eigenvalue weighted by atomic mass is 32.2. The number of aromatic amines is 1. The smallest absolute Gasteiger partial charge is 0.183 e. The highest BCUT2D eigenvalue weighted by Gasteiger charge is 2.08. The van der Waals surface area contributed by atoms with E-state index in [2.05, 4.69) is 25.7 Å². The predicted octanol–water partition coefficient (Wildman–Crippen LogP) is 1.69. The van der Waals surface area contributed by atoms with Crippen molar-refractivity contribution in [2.75, 3.05) is 6.26 Å². The van der Waals surface area contributed by atoms with Crippen LogP contribution in [-0.2, 0) is 0 Å². The molecule has 2 rings (SSSR count). The molecule has 0 unspecified atom stereocenters. The number of benzene rings is 1. The second kappa shape index (κ2) is 4.84. The van der Waals surface area contributed by atoms with Gasteiger partial charge in [-0.3, -0.25) is 5.32 Å². The first-order chi connectivity index (χ1) is 8.26. The molecule has 0 fully saturated rings. The Kier molecular flexibility index (Phi) is 3.25. The van der Waals surface area contributed by atoms with Gasteiger partial charge in [-0.15, -0.1) is 0 Å². The summed E-state index contributed by atoms with van der Waals surface area (Å²) in [4.78, 5) is 4.39. The van der Waals surface area contributed by atoms with Crippen molar-refractivity contribution < 1.29 is 0 Å². The second-order valence-electron chi connectivity index (χ2n) is 3.28. The first kappa shape index (κ1) is 11.4. The Labute approximate surface area is 102 Å². The number of thioether (sulfide) groups is 1. The number of aromatic nitrogens is 3. The number of nitrogens with zero attached hydrogens (tertiary/aromatic N) is 4. The number of nitrogens with one attached hydrogen (secondary N) is 2. The Bertz CT molecular complexity index is 609. The lowest BCUT2D eigenvalue weighted by atomic mass is 10.2. The third-order valence-corrected chi connectivity index (χ3v) is 2.81. The fourth-order valence-electron chi connectivity index (χ4n) is 1.41. The monoisotopic (exact) mass is 246 g/mol. The number of amidine groups is 1. The molecule has 0 saturated carbocycles. The molecule has 17 heavy (non-hydrogen) atoms. The summed E-state index contributed by atoms with van der Waals surface area (Å²) in [5, 5.41) is 22.3. The molecule has 0 aliphatic rings. The number of hydrogen-bond donors (Lipinski definition) is 2. The predicted molar refractivity (Wildman–Crippen MR) is 68.0 cm³/mol. The van der Waals surface area contributed by atoms with E-state index in [1.807, 2.05) is 31.5 Å². The van der Waals surface area contributed by atoms with Crippen LogP contribution in [0.15, 0.2) is 17.1 Å². The van der Waals surface area contributed by atoms with E-state index in [0.29, 0.717) is 10.7 Å². The molecule has 1 aromatic carbocycles. The summed E-state index contributed by atoms with van der Waals surface area (Å²) in [7, 11) is 0. The zero-order valence-corrected chi connectivity index (χ0v) is 10.2. The summed E-state index contributed by atoms with van der Waals surface area (Å²) in [6.45, 7) is 1.94. The molecule has 0 saturated heterocycles. The Morgan fingerprint density at radius 1 is 1.53 bits per heavy atom. The van der Waals surface area contributed by atoms with E-state index in [4.69, 9.17) is 5.26 Å². The highest BCUT2D eigenvalue weighted by Crippen LogP contribution is 2.27. The summed E-state index contributed by atoms with van der Waals surface area (Å²) in [5.41, 5.74) is 3.17. The molecule has 86 valence electrons. The van der Waals surface area contributed by atoms with Crippen molar-refractivity contribution >= 4 is 33.7 Å². The molecule has 0 atom stereocenters. The zero-order chi connectivity index (χ0) is 12.3. The maximum absolute atomic E-state index is 8.60. The first-order valence-corrected chi connectivity index (χ1v) is 6.06. The second-order valence-corrected chi connectivity index (χ2v) is 4.08. The Morgan fingerprint density at radius 3 is 3.06 bits per heavy atom. The lowest BCUT2D eigenvalue weighted by Gasteiger charge is -2.03. The van der Waals surface area contributed by atoms with Crippen molar-refractivity contribution in [3.63, 3.8) is 0 Å². The molecule has 0 amide bonds. The normalized spacial score (nSPS) is 11.5. The molecule has 0 bridgehead atoms. The van der Waals surface area contributed by atoms with Crippen LogP contribution in [0.25, 0.3) is 11.0 Å². The van der Waals surface area contributed by atoms with Crippen LogP contribution in [0.5, 0.6) is 0 Å². The number of H-pyrrole nitrogens is 1. The van der Waals surface area contributed by atoms with Gasteiger partial charge in [-0.2, -0.15) is 20.7 Å². The van der Waals surface area contributed by atoms with E-state index in [9.17, 15) is 0 Å². The molecule has 0 radical (unpaired) electrons. The molecule has 2 N–H and O–H groups in total. The Balaban J connectivity index is 2.57. The van der Waals surface area contributed by atoms with Crippen LogP contribution in [0.2, 0.25) is 0 Å². The lowest BCUT2D eigenvalue weighted by molar-refractivity contribution is 0.959. The average molecular weight is 246 g/mol. The van der Waals surface area contributed by atoms with Gasteiger partial charge in [-0.1, -0.05) is 17.8 Å². The fraction of sp³-hybridized carbons (Fsp3) is 0.200. The van der Waals surface area contributed by atoms with E-state index in [1.54, 1.807) is 0 Å². The van der Waals surface area contributed by atoms with Crippen molar-refractivity contribution in [1.29, 1.82) is 5.26 Å². The minimum absolute atomic E-state index is 0.533. The number of fused-ring (bicyclic) bond motifs is 1. The number of rotatable bonds is 1. The number of aryl methyl sites for hydroxylation is 1. The topological polar surface area (TPSA) is 89.8 Å². The minimum atomic E-state index is 0.533. The van der Waals surface area contributed by atoms with Crippen LogP contribution in [0.1, 0.15) is 5.56 Å². The molecule has 2 aromatic rings. The van der Waals surface area contributed by atoms with Crippen molar-refractivity contribution in [2.45, 2.75) is 6.92 Å². The maximum atomic E-state index is 8.60. The average Bonchev–Trinajstić information content (AvgIpc) is 2.80. The van der Waals surface area contributed by atoms with Gasteiger partial charge in [0.1, 0.15) is 11.0 Å². The van der Waals surface area contributed by atoms with Gasteiger partial charge < -0.3 is 0 Å². The summed E-state index contributed by atoms with van der Waals surface area (Å²) in [6, 6.07) is 3.80. The lowest BCUT2D eigenvalue weighted by Crippen LogP contribution is -2.12. The number of nitriles is 1. The quantitative estimate of drug-likeness (QED) is 0.346. The van der Waals surface area contributed by atoms with Crippen molar-refractivity contribution in [1.82, 2.24) is 20.7 Å². The van der Waals surface area contributed by atoms with Gasteiger partial charge in [-0.25, -0.2) is 4.99 Å². The van der Waals surface area contributed by atoms with E-state index in [-0.39, 0.29) is 0 Å². The molecule has 1 aromatic heterocycles. The van der Waals surface area contributed by atoms with Crippen LogP contribution in [0, 0.1) is 18.4 Å². The van der Waals surface area contributed by atoms with Crippen LogP contribution in [-0.4, -0.2) is 26.8 Å². The molecule has 0 aliphatic heterocycles. The van der Waals surface area contributed by atoms with Crippen LogP contribution >= 0.6 is 11.8 Å². The Morgan fingerprint density at radius 2 is 2.35 bits per heavy atom. The third kappa shape index (κ3) is 2.21. The van der Waals surface area contributed by atoms with Crippen molar-refractivity contribution in [3.8, 4) is 6.19 Å². The van der Waals surface area contributed by atoms with Gasteiger partial charge in [-0.05, 0) is 24.8 Å². The van der Waals surface area contributed by atoms with E-state index in [1.165, 1.54) is 11.8 Å². The SMILES string of the molecule is CSC(=Nc1c(C)ccc2n[nH]nc12)NC#N. The van der Waals surface area contributed by atoms with Crippen molar-refractivity contribution in [2.24, 2.45) is 4.99 Å². The minimum Gasteiger partial charge on any atom is -0.271 e. The number of aliphatic imine (C=N–C) groups is 1. The van der Waals surface area contributed by atoms with Gasteiger partial charge in [0.2, 0.25) is 0 Å². The standard InChI is InChI=1S/C10H10N6S/c1-6-3-4-7-9(15-16-14-7)8(6)13-10(17-2)12-5-11/h3-4H,1-2H3,(H,12,13)(H,14,15,16). The molecule has 0 spiro atoms. The van der Waals surface area contributed by atoms with E-state index < -0.39 is 0 Å². The number of hydrogen-bond acceptors (Lipinski definition) is 5. The molecular weight excluding hydrogens is 236 g/mol. The van der Waals surface area contributed by atoms with Crippen LogP contribution in [0.4, 0.5) is 5.69 Å². The van der Waals surface area contributed by atoms with E-state index >= 15 is 0 Å². The molecule has 7 heteroatoms. The van der Waals surface area contributed by atoms with Crippen LogP contribution in [0.3, 0.4) is 0 Å².